The molecule has 1 rings (SSSR count). The molecule has 0 saturated carbocycles. The number of nitrogens with zero attached hydrogens (tertiary/aromatic N) is 2. The van der Waals surface area contributed by atoms with Crippen LogP contribution in [0, 0.1) is 11.6 Å². The molecule has 0 fully saturated rings. The van der Waals surface area contributed by atoms with Gasteiger partial charge in [0.15, 0.2) is 17.5 Å². The van der Waals surface area contributed by atoms with Crippen LogP contribution in [-0.4, -0.2) is 42.7 Å². The topological polar surface area (TPSA) is 37.4 Å². The number of aromatic nitrogens is 1. The van der Waals surface area contributed by atoms with E-state index in [1.165, 1.54) is 0 Å². The van der Waals surface area contributed by atoms with Gasteiger partial charge in [0.1, 0.15) is 6.61 Å². The zero-order valence-electron chi connectivity index (χ0n) is 12.4. The summed E-state index contributed by atoms with van der Waals surface area (Å²) in [5.74, 6) is -1.60. The fraction of sp³-hybridized carbons (Fsp3) is 0.643. The molecule has 6 heteroatoms. The van der Waals surface area contributed by atoms with Gasteiger partial charge in [-0.1, -0.05) is 20.8 Å². The van der Waals surface area contributed by atoms with Crippen LogP contribution < -0.4 is 10.1 Å². The lowest BCUT2D eigenvalue weighted by molar-refractivity contribution is 0.211. The molecule has 0 aromatic carbocycles. The fourth-order valence-corrected chi connectivity index (χ4v) is 1.73. The van der Waals surface area contributed by atoms with E-state index in [0.29, 0.717) is 19.7 Å². The van der Waals surface area contributed by atoms with Crippen molar-refractivity contribution in [3.05, 3.63) is 17.7 Å². The normalized spacial score (nSPS) is 10.9. The minimum atomic E-state index is -0.774. The summed E-state index contributed by atoms with van der Waals surface area (Å²) in [6.07, 6.45) is 0.830. The minimum absolute atomic E-state index is 0.0334. The van der Waals surface area contributed by atoms with Gasteiger partial charge in [0.2, 0.25) is 0 Å². The van der Waals surface area contributed by atoms with Gasteiger partial charge in [-0.3, -0.25) is 0 Å². The monoisotopic (exact) mass is 287 g/mol. The molecule has 0 amide bonds. The van der Waals surface area contributed by atoms with Crippen molar-refractivity contribution in [1.29, 1.82) is 0 Å². The van der Waals surface area contributed by atoms with Crippen LogP contribution in [0.25, 0.3) is 0 Å². The van der Waals surface area contributed by atoms with Crippen LogP contribution in [0.1, 0.15) is 27.2 Å². The Bertz CT molecular complexity index is 412. The maximum atomic E-state index is 13.6. The lowest BCUT2D eigenvalue weighted by atomic mass is 10.4. The molecule has 1 aromatic heterocycles. The third kappa shape index (κ3) is 4.92. The van der Waals surface area contributed by atoms with Crippen molar-refractivity contribution in [2.75, 3.05) is 38.1 Å². The zero-order chi connectivity index (χ0) is 15.0. The van der Waals surface area contributed by atoms with Crippen molar-refractivity contribution in [2.45, 2.75) is 27.2 Å². The molecule has 1 heterocycles. The highest BCUT2D eigenvalue weighted by Crippen LogP contribution is 2.20. The number of anilines is 1. The number of likely N-dealkylation sites (N-methyl/N-ethyl adjacent to an activating group) is 1. The van der Waals surface area contributed by atoms with Gasteiger partial charge in [-0.25, -0.2) is 8.78 Å². The van der Waals surface area contributed by atoms with Crippen LogP contribution in [0.5, 0.6) is 5.88 Å². The first-order valence-electron chi connectivity index (χ1n) is 7.07. The highest BCUT2D eigenvalue weighted by molar-refractivity contribution is 5.39. The molecular formula is C14H23F2N3O. The number of hydrogen-bond donors (Lipinski definition) is 1. The molecule has 0 bridgehead atoms. The van der Waals surface area contributed by atoms with E-state index >= 15 is 0 Å². The number of halogens is 2. The van der Waals surface area contributed by atoms with Crippen molar-refractivity contribution in [3.8, 4) is 5.88 Å². The number of nitrogens with one attached hydrogen (secondary N) is 1. The molecule has 4 nitrogen and oxygen atoms in total. The minimum Gasteiger partial charge on any atom is -0.474 e. The Morgan fingerprint density at radius 2 is 1.90 bits per heavy atom. The highest BCUT2D eigenvalue weighted by atomic mass is 19.1. The van der Waals surface area contributed by atoms with Gasteiger partial charge in [-0.2, -0.15) is 4.98 Å². The quantitative estimate of drug-likeness (QED) is 0.758. The Balaban J connectivity index is 2.64. The van der Waals surface area contributed by atoms with Crippen LogP contribution in [-0.2, 0) is 0 Å². The summed E-state index contributed by atoms with van der Waals surface area (Å²) in [6.45, 7) is 9.45. The molecule has 0 unspecified atom stereocenters. The van der Waals surface area contributed by atoms with Crippen molar-refractivity contribution < 1.29 is 13.5 Å². The summed E-state index contributed by atoms with van der Waals surface area (Å²) >= 11 is 0. The van der Waals surface area contributed by atoms with Crippen molar-refractivity contribution >= 4 is 5.82 Å². The summed E-state index contributed by atoms with van der Waals surface area (Å²) in [7, 11) is 0. The fourth-order valence-electron chi connectivity index (χ4n) is 1.73. The van der Waals surface area contributed by atoms with Gasteiger partial charge in [-0.15, -0.1) is 0 Å². The average Bonchev–Trinajstić information content (AvgIpc) is 2.44. The second kappa shape index (κ2) is 8.68. The van der Waals surface area contributed by atoms with Crippen LogP contribution >= 0.6 is 0 Å². The summed E-state index contributed by atoms with van der Waals surface area (Å²) < 4.78 is 32.4. The van der Waals surface area contributed by atoms with E-state index in [2.05, 4.69) is 15.2 Å². The molecule has 114 valence electrons. The van der Waals surface area contributed by atoms with Gasteiger partial charge >= 0.3 is 0 Å². The molecule has 0 radical (unpaired) electrons. The van der Waals surface area contributed by atoms with Gasteiger partial charge < -0.3 is 15.0 Å². The van der Waals surface area contributed by atoms with Crippen LogP contribution in [0.3, 0.4) is 0 Å². The molecule has 0 saturated heterocycles. The summed E-state index contributed by atoms with van der Waals surface area (Å²) in [5.41, 5.74) is 0. The third-order valence-corrected chi connectivity index (χ3v) is 2.98. The summed E-state index contributed by atoms with van der Waals surface area (Å²) in [4.78, 5) is 6.01. The van der Waals surface area contributed by atoms with E-state index in [1.807, 2.05) is 20.8 Å². The molecule has 0 aliphatic carbocycles. The second-order valence-corrected chi connectivity index (χ2v) is 4.41. The maximum Gasteiger partial charge on any atom is 0.252 e. The van der Waals surface area contributed by atoms with E-state index in [4.69, 9.17) is 4.74 Å². The standard InChI is InChI=1S/C14H23F2N3O/c1-4-7-17-13-11(15)10-12(16)14(18-13)20-9-8-19(5-2)6-3/h10H,4-9H2,1-3H3,(H,17,18). The first-order valence-corrected chi connectivity index (χ1v) is 7.07. The predicted octanol–water partition coefficient (Wildman–Crippen LogP) is 2.90. The number of pyridine rings is 1. The molecule has 0 atom stereocenters. The van der Waals surface area contributed by atoms with Crippen molar-refractivity contribution in [3.63, 3.8) is 0 Å². The maximum absolute atomic E-state index is 13.6. The van der Waals surface area contributed by atoms with Gasteiger partial charge in [0.05, 0.1) is 0 Å². The van der Waals surface area contributed by atoms with Crippen molar-refractivity contribution in [2.24, 2.45) is 0 Å². The molecule has 1 aromatic rings. The van der Waals surface area contributed by atoms with Crippen LogP contribution in [0.2, 0.25) is 0 Å². The van der Waals surface area contributed by atoms with Gasteiger partial charge in [0, 0.05) is 19.2 Å². The molecule has 0 aliphatic heterocycles. The lowest BCUT2D eigenvalue weighted by Crippen LogP contribution is -2.28. The van der Waals surface area contributed by atoms with E-state index in [9.17, 15) is 8.78 Å². The van der Waals surface area contributed by atoms with Gasteiger partial charge in [-0.05, 0) is 19.5 Å². The molecule has 1 N–H and O–H groups in total. The number of hydrogen-bond acceptors (Lipinski definition) is 4. The number of rotatable bonds is 9. The first kappa shape index (κ1) is 16.6. The smallest absolute Gasteiger partial charge is 0.252 e. The molecule has 20 heavy (non-hydrogen) atoms. The predicted molar refractivity (Wildman–Crippen MR) is 76.2 cm³/mol. The lowest BCUT2D eigenvalue weighted by Gasteiger charge is -2.18. The summed E-state index contributed by atoms with van der Waals surface area (Å²) in [5, 5.41) is 2.81. The van der Waals surface area contributed by atoms with Crippen LogP contribution in [0.15, 0.2) is 6.07 Å². The average molecular weight is 287 g/mol. The Morgan fingerprint density at radius 3 is 2.50 bits per heavy atom. The molecule has 0 aliphatic rings. The Hall–Kier alpha value is -1.43. The SMILES string of the molecule is CCCNc1nc(OCCN(CC)CC)c(F)cc1F. The molecule has 0 spiro atoms. The Labute approximate surface area is 119 Å². The highest BCUT2D eigenvalue weighted by Gasteiger charge is 2.13. The zero-order valence-corrected chi connectivity index (χ0v) is 12.4. The van der Waals surface area contributed by atoms with E-state index in [0.717, 1.165) is 25.6 Å². The Kier molecular flexibility index (Phi) is 7.22. The largest absolute Gasteiger partial charge is 0.474 e. The first-order chi connectivity index (χ1) is 9.62. The third-order valence-electron chi connectivity index (χ3n) is 2.98. The summed E-state index contributed by atoms with van der Waals surface area (Å²) in [6, 6.07) is 0.803. The number of ether oxygens (including phenoxy) is 1. The van der Waals surface area contributed by atoms with Gasteiger partial charge in [0.25, 0.3) is 5.88 Å². The second-order valence-electron chi connectivity index (χ2n) is 4.41. The molecular weight excluding hydrogens is 264 g/mol. The van der Waals surface area contributed by atoms with E-state index in [1.54, 1.807) is 0 Å². The van der Waals surface area contributed by atoms with Crippen molar-refractivity contribution in [1.82, 2.24) is 9.88 Å². The van der Waals surface area contributed by atoms with E-state index < -0.39 is 11.6 Å². The van der Waals surface area contributed by atoms with E-state index in [-0.39, 0.29) is 11.7 Å². The Morgan fingerprint density at radius 1 is 1.20 bits per heavy atom. The van der Waals surface area contributed by atoms with Crippen LogP contribution in [0.4, 0.5) is 14.6 Å².